The number of nitrogens with one attached hydrogen (secondary N) is 2. The first-order chi connectivity index (χ1) is 13.3. The van der Waals surface area contributed by atoms with Crippen LogP contribution in [0.25, 0.3) is 0 Å². The Morgan fingerprint density at radius 3 is 2.54 bits per heavy atom. The summed E-state index contributed by atoms with van der Waals surface area (Å²) in [6, 6.07) is 5.04. The van der Waals surface area contributed by atoms with Gasteiger partial charge in [-0.3, -0.25) is 9.59 Å². The van der Waals surface area contributed by atoms with E-state index in [1.165, 1.54) is 19.2 Å². The molecule has 3 rings (SSSR count). The Kier molecular flexibility index (Phi) is 5.62. The fraction of sp³-hybridized carbons (Fsp3) is 0.368. The van der Waals surface area contributed by atoms with Crippen molar-refractivity contribution in [2.75, 3.05) is 12.4 Å². The van der Waals surface area contributed by atoms with Gasteiger partial charge in [-0.05, 0) is 49.9 Å². The second-order valence-corrected chi connectivity index (χ2v) is 6.47. The number of carbonyl (C=O) groups excluding carboxylic acids is 1. The number of alkyl halides is 3. The summed E-state index contributed by atoms with van der Waals surface area (Å²) in [5.74, 6) is 0.0795. The number of H-pyrrole nitrogens is 1. The lowest BCUT2D eigenvalue weighted by Crippen LogP contribution is -2.21. The summed E-state index contributed by atoms with van der Waals surface area (Å²) in [5.41, 5.74) is -2.28. The number of amides is 1. The molecular formula is C19H19F3N2O4. The van der Waals surface area contributed by atoms with Crippen LogP contribution in [-0.2, 0) is 6.18 Å². The van der Waals surface area contributed by atoms with E-state index in [1.54, 1.807) is 6.07 Å². The molecule has 0 bridgehead atoms. The van der Waals surface area contributed by atoms with Crippen LogP contribution in [0.2, 0.25) is 0 Å². The highest BCUT2D eigenvalue weighted by Crippen LogP contribution is 2.33. The topological polar surface area (TPSA) is 80.4 Å². The van der Waals surface area contributed by atoms with Gasteiger partial charge in [0.2, 0.25) is 0 Å². The van der Waals surface area contributed by atoms with Gasteiger partial charge in [-0.15, -0.1) is 0 Å². The maximum Gasteiger partial charge on any atom is 0.417 e. The summed E-state index contributed by atoms with van der Waals surface area (Å²) in [6.45, 7) is 0. The van der Waals surface area contributed by atoms with Gasteiger partial charge >= 0.3 is 6.18 Å². The number of halogens is 3. The Morgan fingerprint density at radius 1 is 1.18 bits per heavy atom. The Balaban J connectivity index is 1.80. The zero-order chi connectivity index (χ0) is 20.3. The highest BCUT2D eigenvalue weighted by Gasteiger charge is 2.31. The fourth-order valence-corrected chi connectivity index (χ4v) is 3.03. The van der Waals surface area contributed by atoms with Gasteiger partial charge in [0, 0.05) is 11.8 Å². The molecule has 0 spiro atoms. The van der Waals surface area contributed by atoms with Crippen LogP contribution in [-0.4, -0.2) is 24.1 Å². The van der Waals surface area contributed by atoms with Crippen molar-refractivity contribution in [1.29, 1.82) is 0 Å². The molecule has 1 aromatic carbocycles. The van der Waals surface area contributed by atoms with Gasteiger partial charge in [-0.1, -0.05) is 0 Å². The molecule has 0 atom stereocenters. The van der Waals surface area contributed by atoms with E-state index >= 15 is 0 Å². The molecule has 1 saturated carbocycles. The van der Waals surface area contributed by atoms with Crippen molar-refractivity contribution in [3.63, 3.8) is 0 Å². The molecule has 1 aliphatic rings. The Labute approximate surface area is 158 Å². The number of aromatic nitrogens is 1. The van der Waals surface area contributed by atoms with Crippen molar-refractivity contribution < 1.29 is 27.4 Å². The first-order valence-electron chi connectivity index (χ1n) is 8.74. The molecule has 0 unspecified atom stereocenters. The van der Waals surface area contributed by atoms with Gasteiger partial charge in [-0.2, -0.15) is 13.2 Å². The summed E-state index contributed by atoms with van der Waals surface area (Å²) in [4.78, 5) is 26.1. The van der Waals surface area contributed by atoms with Crippen LogP contribution in [0.3, 0.4) is 0 Å². The van der Waals surface area contributed by atoms with E-state index in [4.69, 9.17) is 9.47 Å². The van der Waals surface area contributed by atoms with Crippen LogP contribution in [0.15, 0.2) is 35.3 Å². The summed E-state index contributed by atoms with van der Waals surface area (Å²) >= 11 is 0. The van der Waals surface area contributed by atoms with Gasteiger partial charge in [0.15, 0.2) is 11.5 Å². The van der Waals surface area contributed by atoms with Crippen LogP contribution >= 0.6 is 0 Å². The standard InChI is InChI=1S/C19H19F3N2O4/c1-27-16-8-11(6-7-15(16)28-13-4-2-3-5-13)17(25)24-14-9-12(19(20,21)22)10-23-18(14)26/h6-10,13H,2-5H2,1H3,(H,23,26)(H,24,25). The lowest BCUT2D eigenvalue weighted by Gasteiger charge is -2.16. The maximum absolute atomic E-state index is 12.8. The van der Waals surface area contributed by atoms with Gasteiger partial charge in [0.25, 0.3) is 11.5 Å². The highest BCUT2D eigenvalue weighted by atomic mass is 19.4. The number of hydrogen-bond donors (Lipinski definition) is 2. The smallest absolute Gasteiger partial charge is 0.417 e. The number of hydrogen-bond acceptors (Lipinski definition) is 4. The Bertz CT molecular complexity index is 918. The van der Waals surface area contributed by atoms with Crippen molar-refractivity contribution in [1.82, 2.24) is 4.98 Å². The number of methoxy groups -OCH3 is 1. The Morgan fingerprint density at radius 2 is 1.89 bits per heavy atom. The first kappa shape index (κ1) is 19.8. The lowest BCUT2D eigenvalue weighted by molar-refractivity contribution is -0.137. The third-order valence-electron chi connectivity index (χ3n) is 4.50. The summed E-state index contributed by atoms with van der Waals surface area (Å²) in [5, 5.41) is 2.20. The van der Waals surface area contributed by atoms with E-state index < -0.39 is 28.9 Å². The SMILES string of the molecule is COc1cc(C(=O)Nc2cc(C(F)(F)F)c[nH]c2=O)ccc1OC1CCCC1. The second kappa shape index (κ2) is 7.95. The largest absolute Gasteiger partial charge is 0.493 e. The number of pyridine rings is 1. The van der Waals surface area contributed by atoms with Crippen LogP contribution in [0.1, 0.15) is 41.6 Å². The molecule has 0 radical (unpaired) electrons. The third kappa shape index (κ3) is 4.47. The fourth-order valence-electron chi connectivity index (χ4n) is 3.03. The molecule has 28 heavy (non-hydrogen) atoms. The molecule has 9 heteroatoms. The molecule has 2 aromatic rings. The van der Waals surface area contributed by atoms with Crippen molar-refractivity contribution in [2.45, 2.75) is 38.0 Å². The molecule has 2 N–H and O–H groups in total. The molecule has 0 saturated heterocycles. The van der Waals surface area contributed by atoms with Gasteiger partial charge < -0.3 is 19.8 Å². The zero-order valence-electron chi connectivity index (χ0n) is 15.1. The number of rotatable bonds is 5. The molecule has 1 fully saturated rings. The van der Waals surface area contributed by atoms with Crippen molar-refractivity contribution in [3.8, 4) is 11.5 Å². The minimum Gasteiger partial charge on any atom is -0.493 e. The molecular weight excluding hydrogens is 377 g/mol. The van der Waals surface area contributed by atoms with Crippen LogP contribution in [0.4, 0.5) is 18.9 Å². The van der Waals surface area contributed by atoms with E-state index in [9.17, 15) is 22.8 Å². The minimum absolute atomic E-state index is 0.0947. The van der Waals surface area contributed by atoms with E-state index in [0.29, 0.717) is 23.8 Å². The normalized spacial score (nSPS) is 14.7. The second-order valence-electron chi connectivity index (χ2n) is 6.47. The van der Waals surface area contributed by atoms with E-state index in [1.807, 2.05) is 4.98 Å². The molecule has 150 valence electrons. The number of anilines is 1. The van der Waals surface area contributed by atoms with Gasteiger partial charge in [0.1, 0.15) is 5.69 Å². The predicted molar refractivity (Wildman–Crippen MR) is 95.9 cm³/mol. The van der Waals surface area contributed by atoms with E-state index in [2.05, 4.69) is 5.32 Å². The molecule has 1 aromatic heterocycles. The van der Waals surface area contributed by atoms with Gasteiger partial charge in [-0.25, -0.2) is 0 Å². The van der Waals surface area contributed by atoms with Crippen molar-refractivity contribution in [3.05, 3.63) is 51.9 Å². The average molecular weight is 396 g/mol. The highest BCUT2D eigenvalue weighted by molar-refractivity contribution is 6.04. The van der Waals surface area contributed by atoms with E-state index in [-0.39, 0.29) is 11.7 Å². The first-order valence-corrected chi connectivity index (χ1v) is 8.74. The van der Waals surface area contributed by atoms with Crippen LogP contribution < -0.4 is 20.3 Å². The third-order valence-corrected chi connectivity index (χ3v) is 4.50. The van der Waals surface area contributed by atoms with Crippen molar-refractivity contribution >= 4 is 11.6 Å². The Hall–Kier alpha value is -2.97. The molecule has 6 nitrogen and oxygen atoms in total. The lowest BCUT2D eigenvalue weighted by atomic mass is 10.1. The minimum atomic E-state index is -4.65. The molecule has 0 aliphatic heterocycles. The van der Waals surface area contributed by atoms with Gasteiger partial charge in [0.05, 0.1) is 18.8 Å². The summed E-state index contributed by atoms with van der Waals surface area (Å²) < 4.78 is 49.6. The summed E-state index contributed by atoms with van der Waals surface area (Å²) in [7, 11) is 1.43. The molecule has 1 heterocycles. The van der Waals surface area contributed by atoms with Crippen LogP contribution in [0, 0.1) is 0 Å². The predicted octanol–water partition coefficient (Wildman–Crippen LogP) is 3.98. The van der Waals surface area contributed by atoms with Crippen LogP contribution in [0.5, 0.6) is 11.5 Å². The molecule has 1 aliphatic carbocycles. The quantitative estimate of drug-likeness (QED) is 0.801. The number of ether oxygens (including phenoxy) is 2. The van der Waals surface area contributed by atoms with Crippen molar-refractivity contribution in [2.24, 2.45) is 0 Å². The number of carbonyl (C=O) groups is 1. The summed E-state index contributed by atoms with van der Waals surface area (Å²) in [6.07, 6.45) is 0.0885. The monoisotopic (exact) mass is 396 g/mol. The number of aromatic amines is 1. The van der Waals surface area contributed by atoms with E-state index in [0.717, 1.165) is 25.7 Å². The maximum atomic E-state index is 12.8. The number of benzene rings is 1. The molecule has 1 amide bonds. The zero-order valence-corrected chi connectivity index (χ0v) is 15.1. The average Bonchev–Trinajstić information content (AvgIpc) is 3.16.